The number of aromatic nitrogens is 1. The van der Waals surface area contributed by atoms with Crippen LogP contribution in [-0.2, 0) is 11.3 Å². The van der Waals surface area contributed by atoms with Crippen molar-refractivity contribution < 1.29 is 19.0 Å². The van der Waals surface area contributed by atoms with Crippen LogP contribution < -0.4 is 9.47 Å². The highest BCUT2D eigenvalue weighted by Crippen LogP contribution is 2.25. The van der Waals surface area contributed by atoms with Crippen LogP contribution >= 0.6 is 0 Å². The molecule has 3 aromatic rings. The van der Waals surface area contributed by atoms with E-state index in [1.54, 1.807) is 18.3 Å². The standard InChI is InChI=1S/C33H43NO4/c1-4-6-8-9-10-11-23-36-31-19-14-27(15-20-31)28-16-21-32(22-17-28)37-25-30-18-13-29(24-34-30)33(35)38-26(3)12-7-5-2/h13-22,24,26H,4-12,23,25H2,1-3H3. The van der Waals surface area contributed by atoms with Gasteiger partial charge in [-0.05, 0) is 67.3 Å². The summed E-state index contributed by atoms with van der Waals surface area (Å²) in [6.45, 7) is 7.39. The number of hydrogen-bond donors (Lipinski definition) is 0. The molecule has 0 N–H and O–H groups in total. The smallest absolute Gasteiger partial charge is 0.339 e. The second-order valence-electron chi connectivity index (χ2n) is 9.85. The summed E-state index contributed by atoms with van der Waals surface area (Å²) in [6, 6.07) is 19.8. The largest absolute Gasteiger partial charge is 0.494 e. The molecule has 1 unspecified atom stereocenters. The van der Waals surface area contributed by atoms with Gasteiger partial charge >= 0.3 is 5.97 Å². The average molecular weight is 518 g/mol. The summed E-state index contributed by atoms with van der Waals surface area (Å²) in [5.41, 5.74) is 3.46. The molecule has 0 fully saturated rings. The lowest BCUT2D eigenvalue weighted by molar-refractivity contribution is 0.0319. The number of benzene rings is 2. The van der Waals surface area contributed by atoms with Crippen molar-refractivity contribution in [3.8, 4) is 22.6 Å². The van der Waals surface area contributed by atoms with Crippen molar-refractivity contribution in [1.82, 2.24) is 4.98 Å². The molecule has 38 heavy (non-hydrogen) atoms. The van der Waals surface area contributed by atoms with E-state index in [0.29, 0.717) is 12.2 Å². The Labute approximate surface area is 228 Å². The molecule has 0 amide bonds. The molecule has 5 nitrogen and oxygen atoms in total. The first-order valence-corrected chi connectivity index (χ1v) is 14.2. The van der Waals surface area contributed by atoms with Crippen molar-refractivity contribution in [3.63, 3.8) is 0 Å². The molecule has 0 radical (unpaired) electrons. The summed E-state index contributed by atoms with van der Waals surface area (Å²) < 4.78 is 17.3. The number of hydrogen-bond acceptors (Lipinski definition) is 5. The minimum atomic E-state index is -0.332. The second kappa shape index (κ2) is 16.5. The van der Waals surface area contributed by atoms with Crippen LogP contribution in [0.1, 0.15) is 94.6 Å². The van der Waals surface area contributed by atoms with Crippen LogP contribution in [0.4, 0.5) is 0 Å². The lowest BCUT2D eigenvalue weighted by Gasteiger charge is -2.12. The third kappa shape index (κ3) is 10.2. The van der Waals surface area contributed by atoms with E-state index in [4.69, 9.17) is 14.2 Å². The van der Waals surface area contributed by atoms with Crippen molar-refractivity contribution in [3.05, 3.63) is 78.1 Å². The van der Waals surface area contributed by atoms with Crippen LogP contribution in [0, 0.1) is 0 Å². The summed E-state index contributed by atoms with van der Waals surface area (Å²) >= 11 is 0. The van der Waals surface area contributed by atoms with Gasteiger partial charge in [-0.3, -0.25) is 4.98 Å². The number of nitrogens with zero attached hydrogens (tertiary/aromatic N) is 1. The molecule has 0 saturated carbocycles. The number of carbonyl (C=O) groups excluding carboxylic acids is 1. The molecule has 1 atom stereocenters. The van der Waals surface area contributed by atoms with E-state index in [9.17, 15) is 4.79 Å². The number of rotatable bonds is 17. The van der Waals surface area contributed by atoms with Crippen LogP contribution in [0.2, 0.25) is 0 Å². The number of ether oxygens (including phenoxy) is 3. The summed E-state index contributed by atoms with van der Waals surface area (Å²) in [5.74, 6) is 1.35. The summed E-state index contributed by atoms with van der Waals surface area (Å²) in [6.07, 6.45) is 12.1. The van der Waals surface area contributed by atoms with Gasteiger partial charge in [0.25, 0.3) is 0 Å². The van der Waals surface area contributed by atoms with Gasteiger partial charge in [0, 0.05) is 6.20 Å². The second-order valence-corrected chi connectivity index (χ2v) is 9.85. The zero-order chi connectivity index (χ0) is 27.0. The fourth-order valence-corrected chi connectivity index (χ4v) is 4.15. The topological polar surface area (TPSA) is 57.7 Å². The third-order valence-electron chi connectivity index (χ3n) is 6.53. The maximum absolute atomic E-state index is 12.3. The molecule has 0 bridgehead atoms. The predicted octanol–water partition coefficient (Wildman–Crippen LogP) is 8.80. The Kier molecular flexibility index (Phi) is 12.7. The lowest BCUT2D eigenvalue weighted by Crippen LogP contribution is -2.15. The van der Waals surface area contributed by atoms with E-state index in [2.05, 4.69) is 31.0 Å². The van der Waals surface area contributed by atoms with E-state index < -0.39 is 0 Å². The molecular formula is C33H43NO4. The predicted molar refractivity (Wildman–Crippen MR) is 154 cm³/mol. The van der Waals surface area contributed by atoms with Crippen LogP contribution in [0.3, 0.4) is 0 Å². The first-order valence-electron chi connectivity index (χ1n) is 14.2. The molecule has 0 saturated heterocycles. The number of pyridine rings is 1. The number of esters is 1. The molecule has 3 rings (SSSR count). The van der Waals surface area contributed by atoms with Crippen LogP contribution in [0.25, 0.3) is 11.1 Å². The molecule has 1 aromatic heterocycles. The van der Waals surface area contributed by atoms with Gasteiger partial charge in [-0.15, -0.1) is 0 Å². The molecule has 0 aliphatic rings. The van der Waals surface area contributed by atoms with Gasteiger partial charge < -0.3 is 14.2 Å². The zero-order valence-corrected chi connectivity index (χ0v) is 23.3. The quantitative estimate of drug-likeness (QED) is 0.132. The monoisotopic (exact) mass is 517 g/mol. The van der Waals surface area contributed by atoms with Gasteiger partial charge in [0.2, 0.25) is 0 Å². The Hall–Kier alpha value is -3.34. The number of carbonyl (C=O) groups is 1. The Bertz CT molecular complexity index is 1060. The lowest BCUT2D eigenvalue weighted by atomic mass is 10.1. The van der Waals surface area contributed by atoms with Crippen LogP contribution in [-0.4, -0.2) is 23.7 Å². The van der Waals surface area contributed by atoms with Gasteiger partial charge in [0.15, 0.2) is 0 Å². The molecule has 0 aliphatic heterocycles. The highest BCUT2D eigenvalue weighted by atomic mass is 16.5. The van der Waals surface area contributed by atoms with E-state index in [1.165, 1.54) is 32.1 Å². The Balaban J connectivity index is 1.41. The average Bonchev–Trinajstić information content (AvgIpc) is 2.95. The van der Waals surface area contributed by atoms with Crippen molar-refractivity contribution in [2.75, 3.05) is 6.61 Å². The van der Waals surface area contributed by atoms with Crippen molar-refractivity contribution in [1.29, 1.82) is 0 Å². The first kappa shape index (κ1) is 29.2. The Morgan fingerprint density at radius 3 is 1.95 bits per heavy atom. The summed E-state index contributed by atoms with van der Waals surface area (Å²) in [4.78, 5) is 16.6. The molecule has 5 heteroatoms. The van der Waals surface area contributed by atoms with Crippen LogP contribution in [0.15, 0.2) is 66.9 Å². The highest BCUT2D eigenvalue weighted by Gasteiger charge is 2.12. The number of unbranched alkanes of at least 4 members (excludes halogenated alkanes) is 6. The first-order chi connectivity index (χ1) is 18.6. The maximum atomic E-state index is 12.3. The fourth-order valence-electron chi connectivity index (χ4n) is 4.15. The molecule has 0 aliphatic carbocycles. The fraction of sp³-hybridized carbons (Fsp3) is 0.455. The summed E-state index contributed by atoms with van der Waals surface area (Å²) in [5, 5.41) is 0. The van der Waals surface area contributed by atoms with Crippen LogP contribution in [0.5, 0.6) is 11.5 Å². The molecular weight excluding hydrogens is 474 g/mol. The molecule has 2 aromatic carbocycles. The van der Waals surface area contributed by atoms with Crippen molar-refractivity contribution in [2.24, 2.45) is 0 Å². The summed E-state index contributed by atoms with van der Waals surface area (Å²) in [7, 11) is 0. The SMILES string of the molecule is CCCCCCCCOc1ccc(-c2ccc(OCc3ccc(C(=O)OC(C)CCCC)cn3)cc2)cc1. The highest BCUT2D eigenvalue weighted by molar-refractivity contribution is 5.89. The van der Waals surface area contributed by atoms with E-state index in [-0.39, 0.29) is 12.1 Å². The van der Waals surface area contributed by atoms with E-state index in [1.807, 2.05) is 43.3 Å². The molecule has 1 heterocycles. The van der Waals surface area contributed by atoms with E-state index >= 15 is 0 Å². The molecule has 0 spiro atoms. The third-order valence-corrected chi connectivity index (χ3v) is 6.53. The molecule has 204 valence electrons. The van der Waals surface area contributed by atoms with Crippen molar-refractivity contribution >= 4 is 5.97 Å². The van der Waals surface area contributed by atoms with Gasteiger partial charge in [-0.1, -0.05) is 83.1 Å². The van der Waals surface area contributed by atoms with Crippen molar-refractivity contribution in [2.45, 2.75) is 91.3 Å². The Morgan fingerprint density at radius 2 is 1.34 bits per heavy atom. The van der Waals surface area contributed by atoms with Gasteiger partial charge in [-0.25, -0.2) is 4.79 Å². The minimum absolute atomic E-state index is 0.0883. The van der Waals surface area contributed by atoms with Gasteiger partial charge in [0.05, 0.1) is 24.0 Å². The van der Waals surface area contributed by atoms with Gasteiger partial charge in [-0.2, -0.15) is 0 Å². The Morgan fingerprint density at radius 1 is 0.737 bits per heavy atom. The van der Waals surface area contributed by atoms with Gasteiger partial charge in [0.1, 0.15) is 18.1 Å². The normalized spacial score (nSPS) is 11.7. The van der Waals surface area contributed by atoms with E-state index in [0.717, 1.165) is 60.6 Å². The zero-order valence-electron chi connectivity index (χ0n) is 23.3. The maximum Gasteiger partial charge on any atom is 0.339 e. The minimum Gasteiger partial charge on any atom is -0.494 e.